The molecule has 0 saturated carbocycles. The Balaban J connectivity index is 2.00. The number of halogens is 1. The Kier molecular flexibility index (Phi) is 4.12. The SMILES string of the molecule is O=C(O)CC1CCCN1Cc1cncc(Br)c1. The fourth-order valence-corrected chi connectivity index (χ4v) is 2.73. The smallest absolute Gasteiger partial charge is 0.304 e. The summed E-state index contributed by atoms with van der Waals surface area (Å²) in [5.74, 6) is -0.714. The van der Waals surface area contributed by atoms with Crippen molar-refractivity contribution in [1.82, 2.24) is 9.88 Å². The van der Waals surface area contributed by atoms with Gasteiger partial charge in [-0.15, -0.1) is 0 Å². The summed E-state index contributed by atoms with van der Waals surface area (Å²) in [6.07, 6.45) is 5.89. The number of hydrogen-bond acceptors (Lipinski definition) is 3. The van der Waals surface area contributed by atoms with Gasteiger partial charge in [0.1, 0.15) is 0 Å². The number of aliphatic carboxylic acids is 1. The van der Waals surface area contributed by atoms with E-state index in [1.807, 2.05) is 12.3 Å². The molecule has 1 aromatic heterocycles. The third-order valence-electron chi connectivity index (χ3n) is 3.06. The van der Waals surface area contributed by atoms with E-state index in [9.17, 15) is 4.79 Å². The molecule has 0 radical (unpaired) electrons. The Bertz CT molecular complexity index is 411. The molecule has 2 rings (SSSR count). The fourth-order valence-electron chi connectivity index (χ4n) is 2.31. The molecule has 2 heterocycles. The van der Waals surface area contributed by atoms with Crippen LogP contribution in [0.1, 0.15) is 24.8 Å². The molecule has 0 aromatic carbocycles. The third kappa shape index (κ3) is 3.51. The molecule has 1 unspecified atom stereocenters. The van der Waals surface area contributed by atoms with E-state index in [1.54, 1.807) is 6.20 Å². The normalized spacial score (nSPS) is 20.6. The lowest BCUT2D eigenvalue weighted by atomic mass is 10.1. The highest BCUT2D eigenvalue weighted by Crippen LogP contribution is 2.23. The number of rotatable bonds is 4. The van der Waals surface area contributed by atoms with E-state index >= 15 is 0 Å². The van der Waals surface area contributed by atoms with Crippen LogP contribution in [0.5, 0.6) is 0 Å². The largest absolute Gasteiger partial charge is 0.481 e. The monoisotopic (exact) mass is 298 g/mol. The van der Waals surface area contributed by atoms with Crippen LogP contribution < -0.4 is 0 Å². The molecule has 1 atom stereocenters. The lowest BCUT2D eigenvalue weighted by Gasteiger charge is -2.22. The van der Waals surface area contributed by atoms with Crippen molar-refractivity contribution in [2.45, 2.75) is 31.8 Å². The standard InChI is InChI=1S/C12H15BrN2O2/c13-10-4-9(6-14-7-10)8-15-3-1-2-11(15)5-12(16)17/h4,6-7,11H,1-3,5,8H2,(H,16,17). The average molecular weight is 299 g/mol. The Morgan fingerprint density at radius 2 is 2.41 bits per heavy atom. The van der Waals surface area contributed by atoms with Crippen LogP contribution in [0.15, 0.2) is 22.9 Å². The van der Waals surface area contributed by atoms with Crippen molar-refractivity contribution in [2.75, 3.05) is 6.54 Å². The first-order valence-corrected chi connectivity index (χ1v) is 6.50. The van der Waals surface area contributed by atoms with Crippen LogP contribution in [-0.2, 0) is 11.3 Å². The van der Waals surface area contributed by atoms with Gasteiger partial charge in [0.2, 0.25) is 0 Å². The summed E-state index contributed by atoms with van der Waals surface area (Å²) in [5, 5.41) is 8.86. The van der Waals surface area contributed by atoms with Crippen LogP contribution >= 0.6 is 15.9 Å². The van der Waals surface area contributed by atoms with Crippen LogP contribution in [0.3, 0.4) is 0 Å². The first kappa shape index (κ1) is 12.5. The van der Waals surface area contributed by atoms with Gasteiger partial charge in [0.05, 0.1) is 6.42 Å². The molecule has 1 aliphatic rings. The van der Waals surface area contributed by atoms with E-state index in [1.165, 1.54) is 0 Å². The van der Waals surface area contributed by atoms with Crippen molar-refractivity contribution < 1.29 is 9.90 Å². The maximum Gasteiger partial charge on any atom is 0.304 e. The van der Waals surface area contributed by atoms with Crippen molar-refractivity contribution >= 4 is 21.9 Å². The molecule has 0 bridgehead atoms. The van der Waals surface area contributed by atoms with Crippen molar-refractivity contribution in [3.8, 4) is 0 Å². The van der Waals surface area contributed by atoms with E-state index in [4.69, 9.17) is 5.11 Å². The zero-order valence-corrected chi connectivity index (χ0v) is 11.1. The first-order chi connectivity index (χ1) is 8.15. The number of hydrogen-bond donors (Lipinski definition) is 1. The first-order valence-electron chi connectivity index (χ1n) is 5.70. The second kappa shape index (κ2) is 5.60. The molecule has 4 nitrogen and oxygen atoms in total. The number of nitrogens with zero attached hydrogens (tertiary/aromatic N) is 2. The molecular formula is C12H15BrN2O2. The zero-order chi connectivity index (χ0) is 12.3. The van der Waals surface area contributed by atoms with E-state index < -0.39 is 5.97 Å². The highest BCUT2D eigenvalue weighted by molar-refractivity contribution is 9.10. The number of carboxylic acid groups (broad SMARTS) is 1. The minimum atomic E-state index is -0.714. The summed E-state index contributed by atoms with van der Waals surface area (Å²) in [5.41, 5.74) is 1.12. The van der Waals surface area contributed by atoms with Crippen LogP contribution in [0.2, 0.25) is 0 Å². The lowest BCUT2D eigenvalue weighted by molar-refractivity contribution is -0.138. The quantitative estimate of drug-likeness (QED) is 0.926. The lowest BCUT2D eigenvalue weighted by Crippen LogP contribution is -2.30. The Morgan fingerprint density at radius 1 is 1.59 bits per heavy atom. The predicted octanol–water partition coefficient (Wildman–Crippen LogP) is 2.28. The van der Waals surface area contributed by atoms with Gasteiger partial charge in [0, 0.05) is 29.5 Å². The molecule has 1 N–H and O–H groups in total. The molecule has 0 amide bonds. The summed E-state index contributed by atoms with van der Waals surface area (Å²) in [7, 11) is 0. The van der Waals surface area contributed by atoms with Crippen molar-refractivity contribution in [3.05, 3.63) is 28.5 Å². The highest BCUT2D eigenvalue weighted by Gasteiger charge is 2.26. The maximum atomic E-state index is 10.8. The molecule has 0 spiro atoms. The van der Waals surface area contributed by atoms with Gasteiger partial charge >= 0.3 is 5.97 Å². The van der Waals surface area contributed by atoms with E-state index in [2.05, 4.69) is 25.8 Å². The van der Waals surface area contributed by atoms with Gasteiger partial charge in [-0.05, 0) is 46.9 Å². The van der Waals surface area contributed by atoms with Crippen molar-refractivity contribution in [2.24, 2.45) is 0 Å². The molecular weight excluding hydrogens is 284 g/mol. The molecule has 0 aliphatic carbocycles. The van der Waals surface area contributed by atoms with Crippen LogP contribution in [-0.4, -0.2) is 33.5 Å². The zero-order valence-electron chi connectivity index (χ0n) is 9.47. The van der Waals surface area contributed by atoms with Gasteiger partial charge in [-0.2, -0.15) is 0 Å². The molecule has 1 aromatic rings. The van der Waals surface area contributed by atoms with Crippen LogP contribution in [0.4, 0.5) is 0 Å². The van der Waals surface area contributed by atoms with Gasteiger partial charge in [-0.1, -0.05) is 0 Å². The summed E-state index contributed by atoms with van der Waals surface area (Å²) in [6.45, 7) is 1.76. The van der Waals surface area contributed by atoms with Gasteiger partial charge in [-0.3, -0.25) is 14.7 Å². The van der Waals surface area contributed by atoms with E-state index in [-0.39, 0.29) is 12.5 Å². The number of pyridine rings is 1. The molecule has 5 heteroatoms. The van der Waals surface area contributed by atoms with Gasteiger partial charge in [-0.25, -0.2) is 0 Å². The highest BCUT2D eigenvalue weighted by atomic mass is 79.9. The van der Waals surface area contributed by atoms with Crippen molar-refractivity contribution in [1.29, 1.82) is 0 Å². The second-order valence-electron chi connectivity index (χ2n) is 4.38. The molecule has 1 saturated heterocycles. The molecule has 1 aliphatic heterocycles. The fraction of sp³-hybridized carbons (Fsp3) is 0.500. The van der Waals surface area contributed by atoms with E-state index in [0.717, 1.165) is 36.0 Å². The molecule has 1 fully saturated rings. The van der Waals surface area contributed by atoms with Gasteiger partial charge in [0.15, 0.2) is 0 Å². The average Bonchev–Trinajstić information content (AvgIpc) is 2.65. The summed E-state index contributed by atoms with van der Waals surface area (Å²) in [4.78, 5) is 17.1. The predicted molar refractivity (Wildman–Crippen MR) is 67.6 cm³/mol. The molecule has 17 heavy (non-hydrogen) atoms. The summed E-state index contributed by atoms with van der Waals surface area (Å²) in [6, 6.07) is 2.20. The number of carboxylic acids is 1. The minimum Gasteiger partial charge on any atom is -0.481 e. The Labute approximate surface area is 109 Å². The summed E-state index contributed by atoms with van der Waals surface area (Å²) >= 11 is 3.39. The van der Waals surface area contributed by atoms with Crippen LogP contribution in [0, 0.1) is 0 Å². The third-order valence-corrected chi connectivity index (χ3v) is 3.49. The number of carbonyl (C=O) groups is 1. The summed E-state index contributed by atoms with van der Waals surface area (Å²) < 4.78 is 0.962. The number of aromatic nitrogens is 1. The van der Waals surface area contributed by atoms with Gasteiger partial charge in [0.25, 0.3) is 0 Å². The Hall–Kier alpha value is -0.940. The minimum absolute atomic E-state index is 0.173. The second-order valence-corrected chi connectivity index (χ2v) is 5.29. The van der Waals surface area contributed by atoms with Crippen molar-refractivity contribution in [3.63, 3.8) is 0 Å². The van der Waals surface area contributed by atoms with Crippen LogP contribution in [0.25, 0.3) is 0 Å². The number of likely N-dealkylation sites (tertiary alicyclic amines) is 1. The molecule has 92 valence electrons. The Morgan fingerprint density at radius 3 is 3.12 bits per heavy atom. The van der Waals surface area contributed by atoms with E-state index in [0.29, 0.717) is 0 Å². The topological polar surface area (TPSA) is 53.4 Å². The maximum absolute atomic E-state index is 10.8. The van der Waals surface area contributed by atoms with Gasteiger partial charge < -0.3 is 5.11 Å².